The molecule has 0 spiro atoms. The van der Waals surface area contributed by atoms with Gasteiger partial charge in [-0.2, -0.15) is 5.10 Å². The first-order valence-corrected chi connectivity index (χ1v) is 8.33. The minimum absolute atomic E-state index is 0.0573. The second-order valence-corrected chi connectivity index (χ2v) is 5.83. The Morgan fingerprint density at radius 1 is 1.38 bits per heavy atom. The van der Waals surface area contributed by atoms with Gasteiger partial charge in [-0.25, -0.2) is 9.78 Å². The first-order chi connectivity index (χ1) is 11.7. The van der Waals surface area contributed by atoms with Crippen LogP contribution in [0.5, 0.6) is 5.88 Å². The van der Waals surface area contributed by atoms with Crippen molar-refractivity contribution in [3.05, 3.63) is 36.3 Å². The molecule has 2 aromatic rings. The van der Waals surface area contributed by atoms with Gasteiger partial charge in [-0.1, -0.05) is 0 Å². The Bertz CT molecular complexity index is 683. The number of ether oxygens (including phenoxy) is 1. The molecular formula is C17H23N5O2. The van der Waals surface area contributed by atoms with Gasteiger partial charge in [0.2, 0.25) is 5.88 Å². The monoisotopic (exact) mass is 329 g/mol. The molecule has 1 aliphatic rings. The summed E-state index contributed by atoms with van der Waals surface area (Å²) >= 11 is 0. The average Bonchev–Trinajstić information content (AvgIpc) is 3.03. The van der Waals surface area contributed by atoms with Crippen molar-refractivity contribution in [1.82, 2.24) is 19.7 Å². The summed E-state index contributed by atoms with van der Waals surface area (Å²) in [5, 5.41) is 7.16. The number of nitrogens with zero attached hydrogens (tertiary/aromatic N) is 4. The van der Waals surface area contributed by atoms with Crippen LogP contribution in [-0.2, 0) is 7.05 Å². The molecule has 3 heterocycles. The van der Waals surface area contributed by atoms with E-state index in [4.69, 9.17) is 4.74 Å². The lowest BCUT2D eigenvalue weighted by molar-refractivity contribution is 0.159. The van der Waals surface area contributed by atoms with Crippen LogP contribution in [0.3, 0.4) is 0 Å². The van der Waals surface area contributed by atoms with Gasteiger partial charge in [-0.15, -0.1) is 0 Å². The molecule has 24 heavy (non-hydrogen) atoms. The van der Waals surface area contributed by atoms with Crippen LogP contribution in [0.15, 0.2) is 30.6 Å². The van der Waals surface area contributed by atoms with E-state index in [-0.39, 0.29) is 12.1 Å². The van der Waals surface area contributed by atoms with Gasteiger partial charge in [-0.05, 0) is 38.3 Å². The van der Waals surface area contributed by atoms with Crippen LogP contribution in [0.2, 0.25) is 0 Å². The Morgan fingerprint density at radius 2 is 2.25 bits per heavy atom. The van der Waals surface area contributed by atoms with Crippen LogP contribution in [0.4, 0.5) is 10.5 Å². The van der Waals surface area contributed by atoms with Crippen molar-refractivity contribution >= 4 is 11.7 Å². The maximum Gasteiger partial charge on any atom is 0.322 e. The Balaban J connectivity index is 1.71. The summed E-state index contributed by atoms with van der Waals surface area (Å²) in [4.78, 5) is 18.8. The highest BCUT2D eigenvalue weighted by atomic mass is 16.5. The van der Waals surface area contributed by atoms with Crippen molar-refractivity contribution in [2.24, 2.45) is 7.05 Å². The zero-order chi connectivity index (χ0) is 16.9. The Labute approximate surface area is 141 Å². The van der Waals surface area contributed by atoms with Gasteiger partial charge >= 0.3 is 6.03 Å². The summed E-state index contributed by atoms with van der Waals surface area (Å²) in [7, 11) is 1.91. The molecule has 0 aliphatic carbocycles. The molecule has 2 amide bonds. The number of urea groups is 1. The summed E-state index contributed by atoms with van der Waals surface area (Å²) in [5.41, 5.74) is 1.73. The normalized spacial score (nSPS) is 17.6. The topological polar surface area (TPSA) is 72.3 Å². The summed E-state index contributed by atoms with van der Waals surface area (Å²) in [5.74, 6) is 0.557. The quantitative estimate of drug-likeness (QED) is 0.936. The van der Waals surface area contributed by atoms with E-state index in [9.17, 15) is 4.79 Å². The smallest absolute Gasteiger partial charge is 0.322 e. The zero-order valence-electron chi connectivity index (χ0n) is 14.1. The SMILES string of the molecule is CCOc1ccc(NC(=O)N2CCCCC2c2ccnn2C)cn1. The average molecular weight is 329 g/mol. The molecule has 7 nitrogen and oxygen atoms in total. The molecule has 2 aromatic heterocycles. The number of nitrogens with one attached hydrogen (secondary N) is 1. The van der Waals surface area contributed by atoms with Crippen molar-refractivity contribution in [3.63, 3.8) is 0 Å². The second kappa shape index (κ2) is 7.33. The Morgan fingerprint density at radius 3 is 2.92 bits per heavy atom. The third kappa shape index (κ3) is 3.50. The van der Waals surface area contributed by atoms with Crippen LogP contribution < -0.4 is 10.1 Å². The van der Waals surface area contributed by atoms with E-state index in [2.05, 4.69) is 15.4 Å². The van der Waals surface area contributed by atoms with Crippen molar-refractivity contribution in [2.45, 2.75) is 32.2 Å². The Kier molecular flexibility index (Phi) is 4.98. The molecule has 0 aromatic carbocycles. The molecule has 128 valence electrons. The number of rotatable bonds is 4. The van der Waals surface area contributed by atoms with Crippen LogP contribution >= 0.6 is 0 Å². The standard InChI is InChI=1S/C17H23N5O2/c1-3-24-16-8-7-13(12-18-16)20-17(23)22-11-5-4-6-15(22)14-9-10-19-21(14)2/h7-10,12,15H,3-6,11H2,1-2H3,(H,20,23). The molecule has 1 saturated heterocycles. The first-order valence-electron chi connectivity index (χ1n) is 8.33. The fraction of sp³-hybridized carbons (Fsp3) is 0.471. The largest absolute Gasteiger partial charge is 0.478 e. The number of aryl methyl sites for hydroxylation is 1. The molecule has 3 rings (SSSR count). The number of hydrogen-bond donors (Lipinski definition) is 1. The van der Waals surface area contributed by atoms with Gasteiger partial charge in [0.05, 0.1) is 30.2 Å². The van der Waals surface area contributed by atoms with Crippen molar-refractivity contribution in [3.8, 4) is 5.88 Å². The van der Waals surface area contributed by atoms with Gasteiger partial charge in [-0.3, -0.25) is 4.68 Å². The molecule has 1 atom stereocenters. The number of amides is 2. The lowest BCUT2D eigenvalue weighted by atomic mass is 10.00. The van der Waals surface area contributed by atoms with E-state index >= 15 is 0 Å². The van der Waals surface area contributed by atoms with E-state index in [0.717, 1.165) is 31.5 Å². The van der Waals surface area contributed by atoms with Crippen molar-refractivity contribution in [2.75, 3.05) is 18.5 Å². The molecule has 0 radical (unpaired) electrons. The highest BCUT2D eigenvalue weighted by Gasteiger charge is 2.29. The number of anilines is 1. The molecule has 0 saturated carbocycles. The molecular weight excluding hydrogens is 306 g/mol. The summed E-state index contributed by atoms with van der Waals surface area (Å²) in [6.07, 6.45) is 6.48. The summed E-state index contributed by atoms with van der Waals surface area (Å²) in [6, 6.07) is 5.50. The lowest BCUT2D eigenvalue weighted by Gasteiger charge is -2.35. The summed E-state index contributed by atoms with van der Waals surface area (Å²) < 4.78 is 7.16. The number of carbonyl (C=O) groups is 1. The van der Waals surface area contributed by atoms with Crippen LogP contribution in [-0.4, -0.2) is 38.8 Å². The number of pyridine rings is 1. The maximum absolute atomic E-state index is 12.7. The highest BCUT2D eigenvalue weighted by Crippen LogP contribution is 2.31. The number of hydrogen-bond acceptors (Lipinski definition) is 4. The van der Waals surface area contributed by atoms with E-state index in [0.29, 0.717) is 18.2 Å². The predicted molar refractivity (Wildman–Crippen MR) is 90.9 cm³/mol. The molecule has 1 N–H and O–H groups in total. The van der Waals surface area contributed by atoms with Gasteiger partial charge in [0.1, 0.15) is 0 Å². The van der Waals surface area contributed by atoms with Gasteiger partial charge < -0.3 is 15.0 Å². The van der Waals surface area contributed by atoms with E-state index in [1.807, 2.05) is 29.6 Å². The predicted octanol–water partition coefficient (Wildman–Crippen LogP) is 2.97. The van der Waals surface area contributed by atoms with Crippen LogP contribution in [0.1, 0.15) is 37.9 Å². The van der Waals surface area contributed by atoms with E-state index < -0.39 is 0 Å². The molecule has 7 heteroatoms. The van der Waals surface area contributed by atoms with Gasteiger partial charge in [0, 0.05) is 25.9 Å². The van der Waals surface area contributed by atoms with E-state index in [1.165, 1.54) is 0 Å². The third-order valence-corrected chi connectivity index (χ3v) is 4.24. The van der Waals surface area contributed by atoms with Gasteiger partial charge in [0.15, 0.2) is 0 Å². The van der Waals surface area contributed by atoms with Crippen molar-refractivity contribution < 1.29 is 9.53 Å². The number of piperidine rings is 1. The van der Waals surface area contributed by atoms with Gasteiger partial charge in [0.25, 0.3) is 0 Å². The lowest BCUT2D eigenvalue weighted by Crippen LogP contribution is -2.41. The third-order valence-electron chi connectivity index (χ3n) is 4.24. The fourth-order valence-corrected chi connectivity index (χ4v) is 3.08. The maximum atomic E-state index is 12.7. The molecule has 0 bridgehead atoms. The molecule has 1 fully saturated rings. The highest BCUT2D eigenvalue weighted by molar-refractivity contribution is 5.89. The number of likely N-dealkylation sites (tertiary alicyclic amines) is 1. The number of aromatic nitrogens is 3. The minimum atomic E-state index is -0.105. The molecule has 1 aliphatic heterocycles. The van der Waals surface area contributed by atoms with Crippen molar-refractivity contribution in [1.29, 1.82) is 0 Å². The number of carbonyl (C=O) groups excluding carboxylic acids is 1. The Hall–Kier alpha value is -2.57. The van der Waals surface area contributed by atoms with Crippen LogP contribution in [0, 0.1) is 0 Å². The second-order valence-electron chi connectivity index (χ2n) is 5.83. The van der Waals surface area contributed by atoms with E-state index in [1.54, 1.807) is 24.5 Å². The zero-order valence-corrected chi connectivity index (χ0v) is 14.1. The first kappa shape index (κ1) is 16.3. The minimum Gasteiger partial charge on any atom is -0.478 e. The van der Waals surface area contributed by atoms with Crippen LogP contribution in [0.25, 0.3) is 0 Å². The molecule has 1 unspecified atom stereocenters. The summed E-state index contributed by atoms with van der Waals surface area (Å²) in [6.45, 7) is 3.22. The fourth-order valence-electron chi connectivity index (χ4n) is 3.08.